The normalized spacial score (nSPS) is 27.6. The van der Waals surface area contributed by atoms with Crippen molar-refractivity contribution >= 4 is 17.6 Å². The molecule has 2 N–H and O–H groups in total. The molecule has 1 aliphatic rings. The lowest BCUT2D eigenvalue weighted by atomic mass is 9.86. The Balaban J connectivity index is 2.33. The minimum absolute atomic E-state index is 0.262. The Morgan fingerprint density at radius 3 is 2.50 bits per heavy atom. The van der Waals surface area contributed by atoms with Crippen molar-refractivity contribution in [2.45, 2.75) is 39.7 Å². The highest BCUT2D eigenvalue weighted by Gasteiger charge is 2.41. The molecule has 1 fully saturated rings. The molecule has 1 aromatic rings. The van der Waals surface area contributed by atoms with E-state index < -0.39 is 18.0 Å². The lowest BCUT2D eigenvalue weighted by Gasteiger charge is -2.24. The molecule has 4 atom stereocenters. The summed E-state index contributed by atoms with van der Waals surface area (Å²) in [6.07, 6.45) is 0.536. The maximum absolute atomic E-state index is 11.4. The van der Waals surface area contributed by atoms with Gasteiger partial charge >= 0.3 is 5.97 Å². The highest BCUT2D eigenvalue weighted by molar-refractivity contribution is 6.31. The SMILES string of the molecule is Cc1cc(Cl)c(C(O)C2CC(C)CC2C(=O)O)cc1C. The Labute approximate surface area is 124 Å². The number of aliphatic hydroxyl groups is 1. The molecule has 2 rings (SSSR count). The molecule has 0 aliphatic heterocycles. The zero-order valence-corrected chi connectivity index (χ0v) is 12.8. The van der Waals surface area contributed by atoms with Crippen LogP contribution in [0.3, 0.4) is 0 Å². The number of aliphatic carboxylic acids is 1. The molecule has 1 aliphatic carbocycles. The van der Waals surface area contributed by atoms with Gasteiger partial charge in [0.2, 0.25) is 0 Å². The molecule has 0 spiro atoms. The predicted molar refractivity (Wildman–Crippen MR) is 78.9 cm³/mol. The average Bonchev–Trinajstić information content (AvgIpc) is 2.75. The maximum atomic E-state index is 11.4. The van der Waals surface area contributed by atoms with Crippen molar-refractivity contribution in [3.63, 3.8) is 0 Å². The number of aryl methyl sites for hydroxylation is 2. The van der Waals surface area contributed by atoms with Crippen molar-refractivity contribution in [2.24, 2.45) is 17.8 Å². The van der Waals surface area contributed by atoms with Crippen LogP contribution in [0.15, 0.2) is 12.1 Å². The molecule has 4 unspecified atom stereocenters. The van der Waals surface area contributed by atoms with E-state index in [0.29, 0.717) is 22.9 Å². The van der Waals surface area contributed by atoms with Gasteiger partial charge in [0.25, 0.3) is 0 Å². The summed E-state index contributed by atoms with van der Waals surface area (Å²) in [6.45, 7) is 5.97. The molecule has 0 heterocycles. The van der Waals surface area contributed by atoms with E-state index in [-0.39, 0.29) is 5.92 Å². The zero-order valence-electron chi connectivity index (χ0n) is 12.1. The molecule has 1 aromatic carbocycles. The minimum Gasteiger partial charge on any atom is -0.481 e. The number of hydrogen-bond donors (Lipinski definition) is 2. The second kappa shape index (κ2) is 5.74. The Morgan fingerprint density at radius 2 is 1.90 bits per heavy atom. The summed E-state index contributed by atoms with van der Waals surface area (Å²) < 4.78 is 0. The monoisotopic (exact) mass is 296 g/mol. The summed E-state index contributed by atoms with van der Waals surface area (Å²) in [5.41, 5.74) is 2.78. The predicted octanol–water partition coefficient (Wildman–Crippen LogP) is 3.74. The van der Waals surface area contributed by atoms with E-state index >= 15 is 0 Å². The third kappa shape index (κ3) is 2.84. The van der Waals surface area contributed by atoms with Gasteiger partial charge in [-0.2, -0.15) is 0 Å². The molecule has 0 amide bonds. The van der Waals surface area contributed by atoms with Gasteiger partial charge in [-0.25, -0.2) is 0 Å². The van der Waals surface area contributed by atoms with Crippen molar-refractivity contribution in [1.29, 1.82) is 0 Å². The van der Waals surface area contributed by atoms with Crippen molar-refractivity contribution in [3.05, 3.63) is 33.8 Å². The van der Waals surface area contributed by atoms with Gasteiger partial charge in [-0.15, -0.1) is 0 Å². The molecule has 0 aromatic heterocycles. The first-order chi connectivity index (χ1) is 9.31. The van der Waals surface area contributed by atoms with Gasteiger partial charge in [-0.3, -0.25) is 4.79 Å². The van der Waals surface area contributed by atoms with Crippen LogP contribution in [0.2, 0.25) is 5.02 Å². The summed E-state index contributed by atoms with van der Waals surface area (Å²) >= 11 is 6.23. The quantitative estimate of drug-likeness (QED) is 0.893. The van der Waals surface area contributed by atoms with Crippen LogP contribution in [-0.2, 0) is 4.79 Å². The second-order valence-corrected chi connectivity index (χ2v) is 6.50. The van der Waals surface area contributed by atoms with Gasteiger partial charge in [-0.1, -0.05) is 24.6 Å². The summed E-state index contributed by atoms with van der Waals surface area (Å²) in [4.78, 5) is 11.4. The Morgan fingerprint density at radius 1 is 1.30 bits per heavy atom. The van der Waals surface area contributed by atoms with Crippen molar-refractivity contribution in [1.82, 2.24) is 0 Å². The number of rotatable bonds is 3. The minimum atomic E-state index is -0.821. The van der Waals surface area contributed by atoms with Crippen LogP contribution in [-0.4, -0.2) is 16.2 Å². The van der Waals surface area contributed by atoms with E-state index in [4.69, 9.17) is 11.6 Å². The second-order valence-electron chi connectivity index (χ2n) is 6.09. The molecule has 110 valence electrons. The van der Waals surface area contributed by atoms with Crippen molar-refractivity contribution in [2.75, 3.05) is 0 Å². The number of carbonyl (C=O) groups is 1. The first kappa shape index (κ1) is 15.3. The van der Waals surface area contributed by atoms with Crippen LogP contribution in [0, 0.1) is 31.6 Å². The van der Waals surface area contributed by atoms with E-state index in [1.165, 1.54) is 0 Å². The third-order valence-corrected chi connectivity index (χ3v) is 4.83. The molecular formula is C16H21ClO3. The molecule has 3 nitrogen and oxygen atoms in total. The molecular weight excluding hydrogens is 276 g/mol. The van der Waals surface area contributed by atoms with Crippen LogP contribution in [0.25, 0.3) is 0 Å². The van der Waals surface area contributed by atoms with E-state index in [1.54, 1.807) is 0 Å². The van der Waals surface area contributed by atoms with E-state index in [0.717, 1.165) is 17.5 Å². The van der Waals surface area contributed by atoms with Crippen molar-refractivity contribution < 1.29 is 15.0 Å². The van der Waals surface area contributed by atoms with E-state index in [9.17, 15) is 15.0 Å². The fraction of sp³-hybridized carbons (Fsp3) is 0.562. The molecule has 4 heteroatoms. The Kier molecular flexibility index (Phi) is 4.40. The summed E-state index contributed by atoms with van der Waals surface area (Å²) in [5.74, 6) is -1.25. The highest BCUT2D eigenvalue weighted by Crippen LogP contribution is 2.45. The van der Waals surface area contributed by atoms with Crippen LogP contribution < -0.4 is 0 Å². The van der Waals surface area contributed by atoms with Crippen LogP contribution >= 0.6 is 11.6 Å². The number of carboxylic acids is 1. The largest absolute Gasteiger partial charge is 0.481 e. The number of carboxylic acid groups (broad SMARTS) is 1. The maximum Gasteiger partial charge on any atom is 0.306 e. The molecule has 20 heavy (non-hydrogen) atoms. The van der Waals surface area contributed by atoms with Gasteiger partial charge < -0.3 is 10.2 Å². The van der Waals surface area contributed by atoms with Crippen LogP contribution in [0.5, 0.6) is 0 Å². The zero-order chi connectivity index (χ0) is 15.0. The van der Waals surface area contributed by atoms with E-state index in [1.807, 2.05) is 32.9 Å². The summed E-state index contributed by atoms with van der Waals surface area (Å²) in [6, 6.07) is 3.72. The molecule has 0 saturated heterocycles. The van der Waals surface area contributed by atoms with Gasteiger partial charge in [-0.05, 0) is 55.4 Å². The van der Waals surface area contributed by atoms with Gasteiger partial charge in [0.15, 0.2) is 0 Å². The number of aliphatic hydroxyl groups excluding tert-OH is 1. The smallest absolute Gasteiger partial charge is 0.306 e. The first-order valence-electron chi connectivity index (χ1n) is 6.98. The summed E-state index contributed by atoms with van der Waals surface area (Å²) in [5, 5.41) is 20.4. The highest BCUT2D eigenvalue weighted by atomic mass is 35.5. The topological polar surface area (TPSA) is 57.5 Å². The Bertz CT molecular complexity index is 527. The fourth-order valence-corrected chi connectivity index (χ4v) is 3.56. The molecule has 0 radical (unpaired) electrons. The van der Waals surface area contributed by atoms with Crippen molar-refractivity contribution in [3.8, 4) is 0 Å². The van der Waals surface area contributed by atoms with Crippen LogP contribution in [0.1, 0.15) is 42.6 Å². The number of hydrogen-bond acceptors (Lipinski definition) is 2. The third-order valence-electron chi connectivity index (χ3n) is 4.50. The average molecular weight is 297 g/mol. The standard InChI is InChI=1S/C16H21ClO3/c1-8-4-11(12(5-8)16(19)20)15(18)13-6-9(2)10(3)7-14(13)17/h6-8,11-12,15,18H,4-5H2,1-3H3,(H,19,20). The lowest BCUT2D eigenvalue weighted by Crippen LogP contribution is -2.24. The lowest BCUT2D eigenvalue weighted by molar-refractivity contribution is -0.144. The molecule has 0 bridgehead atoms. The van der Waals surface area contributed by atoms with Gasteiger partial charge in [0, 0.05) is 10.9 Å². The van der Waals surface area contributed by atoms with Gasteiger partial charge in [0.1, 0.15) is 0 Å². The number of benzene rings is 1. The van der Waals surface area contributed by atoms with Gasteiger partial charge in [0.05, 0.1) is 12.0 Å². The first-order valence-corrected chi connectivity index (χ1v) is 7.36. The fourth-order valence-electron chi connectivity index (χ4n) is 3.23. The van der Waals surface area contributed by atoms with Crippen LogP contribution in [0.4, 0.5) is 0 Å². The van der Waals surface area contributed by atoms with E-state index in [2.05, 4.69) is 0 Å². The summed E-state index contributed by atoms with van der Waals surface area (Å²) in [7, 11) is 0. The Hall–Kier alpha value is -1.06. The number of halogens is 1. The molecule has 1 saturated carbocycles.